The molecule has 0 aromatic heterocycles. The van der Waals surface area contributed by atoms with Crippen molar-refractivity contribution in [1.82, 2.24) is 0 Å². The van der Waals surface area contributed by atoms with E-state index in [1.165, 1.54) is 0 Å². The molecule has 20 heavy (non-hydrogen) atoms. The van der Waals surface area contributed by atoms with Crippen LogP contribution in [0.25, 0.3) is 0 Å². The van der Waals surface area contributed by atoms with Gasteiger partial charge in [0.25, 0.3) is 0 Å². The highest BCUT2D eigenvalue weighted by atomic mass is 19.1. The number of amidine groups is 1. The lowest BCUT2D eigenvalue weighted by Gasteiger charge is -2.11. The zero-order valence-corrected chi connectivity index (χ0v) is 10.5. The Bertz CT molecular complexity index is 644. The van der Waals surface area contributed by atoms with Crippen molar-refractivity contribution in [2.45, 2.75) is 6.54 Å². The van der Waals surface area contributed by atoms with Gasteiger partial charge in [0.15, 0.2) is 5.84 Å². The second-order valence-corrected chi connectivity index (χ2v) is 4.12. The van der Waals surface area contributed by atoms with Gasteiger partial charge in [0, 0.05) is 12.1 Å². The van der Waals surface area contributed by atoms with Gasteiger partial charge in [0.05, 0.1) is 5.69 Å². The Kier molecular flexibility index (Phi) is 4.14. The molecule has 0 amide bonds. The molecule has 0 atom stereocenters. The number of halogens is 2. The smallest absolute Gasteiger partial charge is 0.170 e. The summed E-state index contributed by atoms with van der Waals surface area (Å²) >= 11 is 0. The van der Waals surface area contributed by atoms with Crippen molar-refractivity contribution in [3.05, 3.63) is 65.2 Å². The highest BCUT2D eigenvalue weighted by Gasteiger charge is 2.08. The number of hydrogen-bond donors (Lipinski definition) is 3. The van der Waals surface area contributed by atoms with Crippen LogP contribution in [0.4, 0.5) is 14.5 Å². The van der Waals surface area contributed by atoms with E-state index in [2.05, 4.69) is 10.5 Å². The average Bonchev–Trinajstić information content (AvgIpc) is 2.47. The van der Waals surface area contributed by atoms with Crippen LogP contribution in [0.15, 0.2) is 47.6 Å². The molecule has 4 nitrogen and oxygen atoms in total. The standard InChI is InChI=1S/C14H13F2N3O/c15-10-5-6-12(16)13(7-10)18-8-9-3-1-2-4-11(9)14(17)19-20/h1-7,18,20H,8H2,(H2,17,19). The Hall–Kier alpha value is -2.63. The van der Waals surface area contributed by atoms with Crippen LogP contribution in [0.2, 0.25) is 0 Å². The highest BCUT2D eigenvalue weighted by Crippen LogP contribution is 2.17. The zero-order chi connectivity index (χ0) is 14.5. The van der Waals surface area contributed by atoms with Gasteiger partial charge in [-0.2, -0.15) is 0 Å². The molecule has 104 valence electrons. The molecule has 0 saturated heterocycles. The molecule has 0 radical (unpaired) electrons. The van der Waals surface area contributed by atoms with Crippen LogP contribution in [0.5, 0.6) is 0 Å². The molecular formula is C14H13F2N3O. The summed E-state index contributed by atoms with van der Waals surface area (Å²) in [4.78, 5) is 0. The summed E-state index contributed by atoms with van der Waals surface area (Å²) in [7, 11) is 0. The lowest BCUT2D eigenvalue weighted by atomic mass is 10.1. The second-order valence-electron chi connectivity index (χ2n) is 4.12. The number of nitrogens with one attached hydrogen (secondary N) is 1. The lowest BCUT2D eigenvalue weighted by Crippen LogP contribution is -2.17. The Balaban J connectivity index is 2.21. The Morgan fingerprint density at radius 2 is 1.95 bits per heavy atom. The summed E-state index contributed by atoms with van der Waals surface area (Å²) in [6.45, 7) is 0.215. The van der Waals surface area contributed by atoms with Crippen LogP contribution in [-0.2, 0) is 6.54 Å². The summed E-state index contributed by atoms with van der Waals surface area (Å²) < 4.78 is 26.5. The van der Waals surface area contributed by atoms with Crippen LogP contribution < -0.4 is 11.1 Å². The maximum absolute atomic E-state index is 13.5. The molecule has 0 aliphatic rings. The van der Waals surface area contributed by atoms with Gasteiger partial charge < -0.3 is 16.3 Å². The fraction of sp³-hybridized carbons (Fsp3) is 0.0714. The van der Waals surface area contributed by atoms with Crippen LogP contribution in [-0.4, -0.2) is 11.0 Å². The fourth-order valence-corrected chi connectivity index (χ4v) is 1.80. The number of hydrogen-bond acceptors (Lipinski definition) is 3. The predicted octanol–water partition coefficient (Wildman–Crippen LogP) is 2.67. The monoisotopic (exact) mass is 277 g/mol. The number of oxime groups is 1. The van der Waals surface area contributed by atoms with Crippen molar-refractivity contribution in [3.8, 4) is 0 Å². The fourth-order valence-electron chi connectivity index (χ4n) is 1.80. The lowest BCUT2D eigenvalue weighted by molar-refractivity contribution is 0.318. The molecular weight excluding hydrogens is 264 g/mol. The van der Waals surface area contributed by atoms with Gasteiger partial charge in [-0.25, -0.2) is 8.78 Å². The summed E-state index contributed by atoms with van der Waals surface area (Å²) in [6.07, 6.45) is 0. The van der Waals surface area contributed by atoms with Gasteiger partial charge in [0.2, 0.25) is 0 Å². The van der Waals surface area contributed by atoms with Gasteiger partial charge in [0.1, 0.15) is 11.6 Å². The first-order chi connectivity index (χ1) is 9.61. The molecule has 0 saturated carbocycles. The highest BCUT2D eigenvalue weighted by molar-refractivity contribution is 5.98. The first kappa shape index (κ1) is 13.8. The van der Waals surface area contributed by atoms with E-state index in [0.29, 0.717) is 11.1 Å². The summed E-state index contributed by atoms with van der Waals surface area (Å²) in [5, 5.41) is 14.4. The summed E-state index contributed by atoms with van der Waals surface area (Å²) in [5.41, 5.74) is 6.84. The Labute approximate surface area is 114 Å². The topological polar surface area (TPSA) is 70.6 Å². The molecule has 6 heteroatoms. The third-order valence-electron chi connectivity index (χ3n) is 2.80. The number of rotatable bonds is 4. The normalized spacial score (nSPS) is 11.4. The first-order valence-corrected chi connectivity index (χ1v) is 5.86. The number of anilines is 1. The summed E-state index contributed by atoms with van der Waals surface area (Å²) in [5.74, 6) is -1.12. The van der Waals surface area contributed by atoms with E-state index < -0.39 is 11.6 Å². The third-order valence-corrected chi connectivity index (χ3v) is 2.80. The van der Waals surface area contributed by atoms with E-state index in [4.69, 9.17) is 10.9 Å². The van der Waals surface area contributed by atoms with Gasteiger partial charge in [-0.15, -0.1) is 0 Å². The predicted molar refractivity (Wildman–Crippen MR) is 72.6 cm³/mol. The number of benzene rings is 2. The van der Waals surface area contributed by atoms with Gasteiger partial charge in [-0.1, -0.05) is 29.4 Å². The third kappa shape index (κ3) is 3.03. The van der Waals surface area contributed by atoms with Crippen LogP contribution in [0, 0.1) is 11.6 Å². The maximum Gasteiger partial charge on any atom is 0.170 e. The molecule has 0 unspecified atom stereocenters. The number of nitrogens with zero attached hydrogens (tertiary/aromatic N) is 1. The molecule has 4 N–H and O–H groups in total. The molecule has 2 rings (SSSR count). The van der Waals surface area contributed by atoms with E-state index in [0.717, 1.165) is 18.2 Å². The van der Waals surface area contributed by atoms with Crippen molar-refractivity contribution in [3.63, 3.8) is 0 Å². The minimum atomic E-state index is -0.548. The molecule has 0 aliphatic carbocycles. The van der Waals surface area contributed by atoms with E-state index in [1.807, 2.05) is 0 Å². The zero-order valence-electron chi connectivity index (χ0n) is 10.5. The number of nitrogens with two attached hydrogens (primary N) is 1. The van der Waals surface area contributed by atoms with E-state index >= 15 is 0 Å². The average molecular weight is 277 g/mol. The van der Waals surface area contributed by atoms with E-state index in [9.17, 15) is 8.78 Å². The Morgan fingerprint density at radius 3 is 2.70 bits per heavy atom. The maximum atomic E-state index is 13.5. The first-order valence-electron chi connectivity index (χ1n) is 5.86. The molecule has 0 fully saturated rings. The minimum absolute atomic E-state index is 0.0397. The van der Waals surface area contributed by atoms with Crippen molar-refractivity contribution in [2.24, 2.45) is 10.9 Å². The van der Waals surface area contributed by atoms with Crippen molar-refractivity contribution in [2.75, 3.05) is 5.32 Å². The molecule has 0 heterocycles. The molecule has 2 aromatic carbocycles. The van der Waals surface area contributed by atoms with Crippen LogP contribution >= 0.6 is 0 Å². The molecule has 0 bridgehead atoms. The van der Waals surface area contributed by atoms with Crippen LogP contribution in [0.1, 0.15) is 11.1 Å². The largest absolute Gasteiger partial charge is 0.409 e. The SMILES string of the molecule is NC(=NO)c1ccccc1CNc1cc(F)ccc1F. The molecule has 2 aromatic rings. The van der Waals surface area contributed by atoms with Gasteiger partial charge >= 0.3 is 0 Å². The van der Waals surface area contributed by atoms with Crippen molar-refractivity contribution in [1.29, 1.82) is 0 Å². The van der Waals surface area contributed by atoms with Crippen molar-refractivity contribution >= 4 is 11.5 Å². The van der Waals surface area contributed by atoms with Crippen LogP contribution in [0.3, 0.4) is 0 Å². The van der Waals surface area contributed by atoms with Crippen molar-refractivity contribution < 1.29 is 14.0 Å². The van der Waals surface area contributed by atoms with Gasteiger partial charge in [-0.05, 0) is 23.8 Å². The Morgan fingerprint density at radius 1 is 1.20 bits per heavy atom. The quantitative estimate of drug-likeness (QED) is 0.348. The van der Waals surface area contributed by atoms with E-state index in [1.54, 1.807) is 24.3 Å². The molecule has 0 aliphatic heterocycles. The minimum Gasteiger partial charge on any atom is -0.409 e. The molecule has 0 spiro atoms. The second kappa shape index (κ2) is 6.01. The van der Waals surface area contributed by atoms with Gasteiger partial charge in [-0.3, -0.25) is 0 Å². The summed E-state index contributed by atoms with van der Waals surface area (Å²) in [6, 6.07) is 10.1. The van der Waals surface area contributed by atoms with E-state index in [-0.39, 0.29) is 18.1 Å².